The Kier molecular flexibility index (Phi) is 7.29. The topological polar surface area (TPSA) is 59.8 Å². The van der Waals surface area contributed by atoms with Crippen LogP contribution in [0.4, 0.5) is 5.69 Å². The fraction of sp³-hybridized carbons (Fsp3) is 0.211. The second-order valence-electron chi connectivity index (χ2n) is 6.12. The molecule has 0 fully saturated rings. The number of nitrogens with one attached hydrogen (secondary N) is 1. The molecule has 2 heterocycles. The van der Waals surface area contributed by atoms with Gasteiger partial charge in [0.15, 0.2) is 11.0 Å². The van der Waals surface area contributed by atoms with E-state index >= 15 is 0 Å². The van der Waals surface area contributed by atoms with E-state index in [9.17, 15) is 4.79 Å². The molecule has 29 heavy (non-hydrogen) atoms. The van der Waals surface area contributed by atoms with Crippen LogP contribution in [0.1, 0.15) is 10.4 Å². The molecule has 3 aromatic rings. The lowest BCUT2D eigenvalue weighted by Crippen LogP contribution is -2.15. The Hall–Kier alpha value is -1.51. The molecule has 0 aliphatic carbocycles. The van der Waals surface area contributed by atoms with Gasteiger partial charge in [-0.3, -0.25) is 9.36 Å². The summed E-state index contributed by atoms with van der Waals surface area (Å²) in [6, 6.07) is 3.02. The highest BCUT2D eigenvalue weighted by atomic mass is 35.5. The van der Waals surface area contributed by atoms with Crippen LogP contribution in [-0.4, -0.2) is 26.4 Å². The number of carbonyl (C=O) groups is 1. The van der Waals surface area contributed by atoms with Gasteiger partial charge in [0.2, 0.25) is 5.91 Å². The van der Waals surface area contributed by atoms with Gasteiger partial charge in [-0.05, 0) is 31.5 Å². The Morgan fingerprint density at radius 1 is 1.24 bits per heavy atom. The fourth-order valence-corrected chi connectivity index (χ4v) is 4.76. The molecule has 0 saturated heterocycles. The first kappa shape index (κ1) is 22.2. The highest BCUT2D eigenvalue weighted by molar-refractivity contribution is 7.99. The molecule has 2 aromatic heterocycles. The number of carbonyl (C=O) groups excluding carboxylic acids is 1. The molecule has 0 saturated carbocycles. The quantitative estimate of drug-likeness (QED) is 0.235. The van der Waals surface area contributed by atoms with Gasteiger partial charge in [-0.2, -0.15) is 0 Å². The number of halogens is 3. The van der Waals surface area contributed by atoms with Crippen molar-refractivity contribution >= 4 is 69.5 Å². The number of thioether (sulfide) groups is 1. The van der Waals surface area contributed by atoms with Crippen LogP contribution in [-0.2, 0) is 11.3 Å². The third-order valence-electron chi connectivity index (χ3n) is 4.17. The third kappa shape index (κ3) is 4.98. The van der Waals surface area contributed by atoms with Crippen molar-refractivity contribution in [1.29, 1.82) is 0 Å². The average Bonchev–Trinajstić information content (AvgIpc) is 3.21. The van der Waals surface area contributed by atoms with Crippen LogP contribution in [0.15, 0.2) is 35.3 Å². The monoisotopic (exact) mass is 486 g/mol. The molecule has 0 spiro atoms. The van der Waals surface area contributed by atoms with Crippen molar-refractivity contribution in [2.75, 3.05) is 11.1 Å². The van der Waals surface area contributed by atoms with Gasteiger partial charge in [0, 0.05) is 22.4 Å². The van der Waals surface area contributed by atoms with Crippen molar-refractivity contribution in [3.8, 4) is 11.4 Å². The van der Waals surface area contributed by atoms with E-state index in [1.165, 1.54) is 34.3 Å². The number of anilines is 1. The summed E-state index contributed by atoms with van der Waals surface area (Å²) in [6.07, 6.45) is 1.78. The minimum Gasteiger partial charge on any atom is -0.324 e. The molecule has 0 aliphatic heterocycles. The number of nitrogens with zero attached hydrogens (tertiary/aromatic N) is 3. The largest absolute Gasteiger partial charge is 0.324 e. The number of hydrogen-bond acceptors (Lipinski definition) is 5. The minimum absolute atomic E-state index is 0.132. The van der Waals surface area contributed by atoms with Crippen LogP contribution < -0.4 is 5.32 Å². The van der Waals surface area contributed by atoms with Crippen LogP contribution in [0.5, 0.6) is 0 Å². The van der Waals surface area contributed by atoms with Crippen molar-refractivity contribution in [1.82, 2.24) is 14.8 Å². The molecule has 0 unspecified atom stereocenters. The highest BCUT2D eigenvalue weighted by Crippen LogP contribution is 2.33. The number of allylic oxidation sites excluding steroid dienone is 1. The molecule has 3 rings (SSSR count). The molecule has 1 N–H and O–H groups in total. The third-order valence-corrected chi connectivity index (χ3v) is 7.19. The lowest BCUT2D eigenvalue weighted by Gasteiger charge is -2.10. The van der Waals surface area contributed by atoms with Crippen molar-refractivity contribution in [3.05, 3.63) is 55.7 Å². The maximum Gasteiger partial charge on any atom is 0.234 e. The lowest BCUT2D eigenvalue weighted by atomic mass is 10.1. The maximum atomic E-state index is 12.4. The van der Waals surface area contributed by atoms with Gasteiger partial charge >= 0.3 is 0 Å². The molecule has 0 aliphatic rings. The number of aromatic nitrogens is 3. The molecule has 152 valence electrons. The summed E-state index contributed by atoms with van der Waals surface area (Å²) in [5.74, 6) is 0.655. The van der Waals surface area contributed by atoms with Crippen LogP contribution in [0.3, 0.4) is 0 Å². The number of benzene rings is 1. The summed E-state index contributed by atoms with van der Waals surface area (Å²) in [5, 5.41) is 15.0. The van der Waals surface area contributed by atoms with Gasteiger partial charge < -0.3 is 5.32 Å². The Labute approximate surface area is 192 Å². The van der Waals surface area contributed by atoms with Gasteiger partial charge in [0.1, 0.15) is 0 Å². The number of rotatable bonds is 7. The van der Waals surface area contributed by atoms with E-state index in [1.54, 1.807) is 17.4 Å². The van der Waals surface area contributed by atoms with E-state index in [0.717, 1.165) is 11.4 Å². The Bertz CT molecular complexity index is 1080. The Morgan fingerprint density at radius 2 is 1.97 bits per heavy atom. The molecule has 0 radical (unpaired) electrons. The van der Waals surface area contributed by atoms with Gasteiger partial charge in [0.25, 0.3) is 0 Å². The smallest absolute Gasteiger partial charge is 0.234 e. The lowest BCUT2D eigenvalue weighted by molar-refractivity contribution is -0.113. The SMILES string of the molecule is C=CCn1c(SCC(=O)Nc2cc(Cl)c(Cl)cc2Cl)nnc1-c1csc(C)c1C. The molecule has 0 atom stereocenters. The molecule has 1 amide bonds. The first-order valence-electron chi connectivity index (χ1n) is 8.48. The van der Waals surface area contributed by atoms with E-state index in [-0.39, 0.29) is 11.7 Å². The average molecular weight is 488 g/mol. The second-order valence-corrected chi connectivity index (χ2v) is 9.37. The molecule has 1 aromatic carbocycles. The van der Waals surface area contributed by atoms with Crippen LogP contribution >= 0.6 is 57.9 Å². The summed E-state index contributed by atoms with van der Waals surface area (Å²) in [6.45, 7) is 8.50. The van der Waals surface area contributed by atoms with Crippen LogP contribution in [0.2, 0.25) is 15.1 Å². The molecule has 10 heteroatoms. The van der Waals surface area contributed by atoms with Crippen molar-refractivity contribution in [2.24, 2.45) is 0 Å². The normalized spacial score (nSPS) is 10.9. The number of thiophene rings is 1. The van der Waals surface area contributed by atoms with Gasteiger partial charge in [0.05, 0.1) is 26.5 Å². The number of amides is 1. The number of hydrogen-bond donors (Lipinski definition) is 1. The zero-order chi connectivity index (χ0) is 21.1. The minimum atomic E-state index is -0.243. The maximum absolute atomic E-state index is 12.4. The summed E-state index contributed by atoms with van der Waals surface area (Å²) in [7, 11) is 0. The zero-order valence-electron chi connectivity index (χ0n) is 15.6. The molecular weight excluding hydrogens is 471 g/mol. The summed E-state index contributed by atoms with van der Waals surface area (Å²) in [4.78, 5) is 13.6. The first-order chi connectivity index (χ1) is 13.8. The fourth-order valence-electron chi connectivity index (χ4n) is 2.56. The number of aryl methyl sites for hydroxylation is 1. The standard InChI is InChI=1S/C19H17Cl3N4OS2/c1-4-5-26-18(12-8-28-11(3)10(12)2)24-25-19(26)29-9-17(27)23-16-7-14(21)13(20)6-15(16)22/h4,6-8H,1,5,9H2,2-3H3,(H,23,27). The summed E-state index contributed by atoms with van der Waals surface area (Å²) < 4.78 is 1.95. The first-order valence-corrected chi connectivity index (χ1v) is 11.5. The van der Waals surface area contributed by atoms with E-state index in [4.69, 9.17) is 34.8 Å². The summed E-state index contributed by atoms with van der Waals surface area (Å²) >= 11 is 21.0. The van der Waals surface area contributed by atoms with Crippen molar-refractivity contribution in [2.45, 2.75) is 25.5 Å². The Morgan fingerprint density at radius 3 is 2.62 bits per heavy atom. The second kappa shape index (κ2) is 9.53. The van der Waals surface area contributed by atoms with E-state index in [0.29, 0.717) is 32.5 Å². The van der Waals surface area contributed by atoms with Crippen LogP contribution in [0.25, 0.3) is 11.4 Å². The molecule has 5 nitrogen and oxygen atoms in total. The van der Waals surface area contributed by atoms with Gasteiger partial charge in [-0.1, -0.05) is 52.6 Å². The van der Waals surface area contributed by atoms with Gasteiger partial charge in [-0.25, -0.2) is 0 Å². The van der Waals surface area contributed by atoms with Gasteiger partial charge in [-0.15, -0.1) is 28.1 Å². The van der Waals surface area contributed by atoms with Crippen molar-refractivity contribution < 1.29 is 4.79 Å². The predicted octanol–water partition coefficient (Wildman–Crippen LogP) is 6.50. The Balaban J connectivity index is 1.75. The predicted molar refractivity (Wildman–Crippen MR) is 124 cm³/mol. The van der Waals surface area contributed by atoms with Crippen LogP contribution in [0, 0.1) is 13.8 Å². The van der Waals surface area contributed by atoms with E-state index < -0.39 is 0 Å². The van der Waals surface area contributed by atoms with E-state index in [2.05, 4.69) is 41.3 Å². The summed E-state index contributed by atoms with van der Waals surface area (Å²) in [5.41, 5.74) is 2.63. The molecular formula is C19H17Cl3N4OS2. The highest BCUT2D eigenvalue weighted by Gasteiger charge is 2.18. The van der Waals surface area contributed by atoms with E-state index in [1.807, 2.05) is 4.57 Å². The molecule has 0 bridgehead atoms. The van der Waals surface area contributed by atoms with Crippen molar-refractivity contribution in [3.63, 3.8) is 0 Å². The zero-order valence-corrected chi connectivity index (χ0v) is 19.5.